The van der Waals surface area contributed by atoms with Crippen LogP contribution in [0.5, 0.6) is 0 Å². The fraction of sp³-hybridized carbons (Fsp3) is 1.00. The molecule has 0 amide bonds. The molecule has 0 bridgehead atoms. The van der Waals surface area contributed by atoms with Crippen LogP contribution in [-0.2, 0) is 9.84 Å². The van der Waals surface area contributed by atoms with E-state index in [1.54, 1.807) is 6.92 Å². The Labute approximate surface area is 111 Å². The Morgan fingerprint density at radius 1 is 1.29 bits per heavy atom. The van der Waals surface area contributed by atoms with Crippen molar-refractivity contribution in [3.8, 4) is 0 Å². The minimum absolute atomic E-state index is 0. The number of rotatable bonds is 7. The van der Waals surface area contributed by atoms with Gasteiger partial charge in [0.2, 0.25) is 0 Å². The molecular weight excluding hydrogens is 260 g/mol. The molecule has 0 aromatic carbocycles. The lowest BCUT2D eigenvalue weighted by atomic mass is 10.2. The van der Waals surface area contributed by atoms with Crippen molar-refractivity contribution in [3.05, 3.63) is 0 Å². The Morgan fingerprint density at radius 3 is 2.47 bits per heavy atom. The van der Waals surface area contributed by atoms with Crippen molar-refractivity contribution < 1.29 is 8.42 Å². The van der Waals surface area contributed by atoms with E-state index < -0.39 is 9.84 Å². The summed E-state index contributed by atoms with van der Waals surface area (Å²) in [7, 11) is -2.82. The van der Waals surface area contributed by atoms with Crippen LogP contribution in [0.1, 0.15) is 26.7 Å². The van der Waals surface area contributed by atoms with E-state index in [9.17, 15) is 8.42 Å². The highest BCUT2D eigenvalue weighted by Gasteiger charge is 2.22. The van der Waals surface area contributed by atoms with Crippen LogP contribution in [0, 0.1) is 0 Å². The number of nitrogens with one attached hydrogen (secondary N) is 1. The quantitative estimate of drug-likeness (QED) is 0.755. The lowest BCUT2D eigenvalue weighted by Gasteiger charge is -2.27. The molecule has 1 heterocycles. The third-order valence-corrected chi connectivity index (χ3v) is 4.88. The molecule has 0 spiro atoms. The van der Waals surface area contributed by atoms with Gasteiger partial charge in [-0.25, -0.2) is 8.42 Å². The van der Waals surface area contributed by atoms with Crippen molar-refractivity contribution in [1.82, 2.24) is 10.2 Å². The van der Waals surface area contributed by atoms with Crippen LogP contribution in [0.4, 0.5) is 0 Å². The Morgan fingerprint density at radius 2 is 2.00 bits per heavy atom. The van der Waals surface area contributed by atoms with Gasteiger partial charge in [0.05, 0.1) is 5.75 Å². The average Bonchev–Trinajstić information content (AvgIpc) is 2.77. The zero-order valence-electron chi connectivity index (χ0n) is 10.8. The first-order chi connectivity index (χ1) is 7.59. The standard InChI is InChI=1S/C11H24N2O2S.ClH/c1-3-7-13(11-5-6-12-10-11)8-9-16(14,15)4-2;/h11-12H,3-10H2,1-2H3;1H. The molecular formula is C11H25ClN2O2S. The molecule has 1 atom stereocenters. The molecule has 4 nitrogen and oxygen atoms in total. The van der Waals surface area contributed by atoms with Gasteiger partial charge >= 0.3 is 0 Å². The molecule has 0 aromatic heterocycles. The average molecular weight is 285 g/mol. The van der Waals surface area contributed by atoms with Gasteiger partial charge in [-0.3, -0.25) is 4.90 Å². The summed E-state index contributed by atoms with van der Waals surface area (Å²) in [6.45, 7) is 7.62. The van der Waals surface area contributed by atoms with E-state index in [1.807, 2.05) is 0 Å². The summed E-state index contributed by atoms with van der Waals surface area (Å²) in [5.74, 6) is 0.565. The topological polar surface area (TPSA) is 49.4 Å². The van der Waals surface area contributed by atoms with E-state index in [1.165, 1.54) is 0 Å². The predicted octanol–water partition coefficient (Wildman–Crippen LogP) is 0.917. The van der Waals surface area contributed by atoms with Gasteiger partial charge in [-0.15, -0.1) is 12.4 Å². The summed E-state index contributed by atoms with van der Waals surface area (Å²) in [5.41, 5.74) is 0. The minimum Gasteiger partial charge on any atom is -0.315 e. The number of hydrogen-bond donors (Lipinski definition) is 1. The summed E-state index contributed by atoms with van der Waals surface area (Å²) in [4.78, 5) is 2.33. The van der Waals surface area contributed by atoms with E-state index >= 15 is 0 Å². The molecule has 1 aliphatic rings. The van der Waals surface area contributed by atoms with Gasteiger partial charge in [0, 0.05) is 24.9 Å². The molecule has 1 N–H and O–H groups in total. The van der Waals surface area contributed by atoms with Gasteiger partial charge in [0.25, 0.3) is 0 Å². The first-order valence-corrected chi connectivity index (χ1v) is 8.06. The Hall–Kier alpha value is 0.160. The highest BCUT2D eigenvalue weighted by atomic mass is 35.5. The third-order valence-electron chi connectivity index (χ3n) is 3.19. The first-order valence-electron chi connectivity index (χ1n) is 6.24. The van der Waals surface area contributed by atoms with Crippen molar-refractivity contribution in [3.63, 3.8) is 0 Å². The fourth-order valence-corrected chi connectivity index (χ4v) is 2.92. The SMILES string of the molecule is CCCN(CCS(=O)(=O)CC)C1CCNC1.Cl. The van der Waals surface area contributed by atoms with Crippen LogP contribution in [0.15, 0.2) is 0 Å². The summed E-state index contributed by atoms with van der Waals surface area (Å²) < 4.78 is 23.0. The van der Waals surface area contributed by atoms with Gasteiger partial charge in [-0.05, 0) is 25.9 Å². The number of nitrogens with zero attached hydrogens (tertiary/aromatic N) is 1. The summed E-state index contributed by atoms with van der Waals surface area (Å²) >= 11 is 0. The van der Waals surface area contributed by atoms with Crippen LogP contribution in [0.2, 0.25) is 0 Å². The maximum Gasteiger partial charge on any atom is 0.151 e. The van der Waals surface area contributed by atoms with Crippen molar-refractivity contribution in [1.29, 1.82) is 0 Å². The van der Waals surface area contributed by atoms with E-state index in [0.717, 1.165) is 32.5 Å². The summed E-state index contributed by atoms with van der Waals surface area (Å²) in [6, 6.07) is 0.534. The maximum atomic E-state index is 11.5. The van der Waals surface area contributed by atoms with Gasteiger partial charge in [0.1, 0.15) is 0 Å². The summed E-state index contributed by atoms with van der Waals surface area (Å²) in [5, 5.41) is 3.33. The number of hydrogen-bond acceptors (Lipinski definition) is 4. The lowest BCUT2D eigenvalue weighted by molar-refractivity contribution is 0.220. The monoisotopic (exact) mass is 284 g/mol. The van der Waals surface area contributed by atoms with Crippen molar-refractivity contribution in [2.45, 2.75) is 32.7 Å². The second-order valence-corrected chi connectivity index (χ2v) is 6.89. The molecule has 1 aliphatic heterocycles. The Kier molecular flexibility index (Phi) is 8.37. The highest BCUT2D eigenvalue weighted by Crippen LogP contribution is 2.09. The van der Waals surface area contributed by atoms with E-state index in [-0.39, 0.29) is 18.2 Å². The maximum absolute atomic E-state index is 11.5. The van der Waals surface area contributed by atoms with Crippen LogP contribution in [-0.4, -0.2) is 57.0 Å². The third kappa shape index (κ3) is 6.04. The number of halogens is 1. The second-order valence-electron chi connectivity index (χ2n) is 4.42. The largest absolute Gasteiger partial charge is 0.315 e. The first kappa shape index (κ1) is 17.2. The molecule has 1 unspecified atom stereocenters. The number of sulfone groups is 1. The molecule has 0 aromatic rings. The summed E-state index contributed by atoms with van der Waals surface area (Å²) in [6.07, 6.45) is 2.23. The molecule has 1 saturated heterocycles. The highest BCUT2D eigenvalue weighted by molar-refractivity contribution is 7.91. The second kappa shape index (κ2) is 8.29. The van der Waals surface area contributed by atoms with Crippen molar-refractivity contribution in [2.75, 3.05) is 37.7 Å². The van der Waals surface area contributed by atoms with Crippen LogP contribution in [0.25, 0.3) is 0 Å². The van der Waals surface area contributed by atoms with Crippen molar-refractivity contribution >= 4 is 22.2 Å². The van der Waals surface area contributed by atoms with Gasteiger partial charge < -0.3 is 5.32 Å². The predicted molar refractivity (Wildman–Crippen MR) is 74.7 cm³/mol. The Bertz CT molecular complexity index is 290. The minimum atomic E-state index is -2.82. The lowest BCUT2D eigenvalue weighted by Crippen LogP contribution is -2.40. The molecule has 0 radical (unpaired) electrons. The molecule has 6 heteroatoms. The molecule has 1 fully saturated rings. The van der Waals surface area contributed by atoms with Crippen LogP contribution >= 0.6 is 12.4 Å². The van der Waals surface area contributed by atoms with Crippen LogP contribution in [0.3, 0.4) is 0 Å². The molecule has 104 valence electrons. The van der Waals surface area contributed by atoms with E-state index in [0.29, 0.717) is 18.3 Å². The molecule has 17 heavy (non-hydrogen) atoms. The van der Waals surface area contributed by atoms with E-state index in [2.05, 4.69) is 17.1 Å². The Balaban J connectivity index is 0.00000256. The van der Waals surface area contributed by atoms with Gasteiger partial charge in [-0.1, -0.05) is 13.8 Å². The molecule has 1 rings (SSSR count). The fourth-order valence-electron chi connectivity index (χ4n) is 2.12. The molecule has 0 saturated carbocycles. The zero-order valence-corrected chi connectivity index (χ0v) is 12.4. The van der Waals surface area contributed by atoms with Crippen molar-refractivity contribution in [2.24, 2.45) is 0 Å². The smallest absolute Gasteiger partial charge is 0.151 e. The normalized spacial score (nSPS) is 20.5. The molecule has 0 aliphatic carbocycles. The van der Waals surface area contributed by atoms with Crippen LogP contribution < -0.4 is 5.32 Å². The zero-order chi connectivity index (χ0) is 12.0. The van der Waals surface area contributed by atoms with Gasteiger partial charge in [0.15, 0.2) is 9.84 Å². The van der Waals surface area contributed by atoms with Gasteiger partial charge in [-0.2, -0.15) is 0 Å². The van der Waals surface area contributed by atoms with E-state index in [4.69, 9.17) is 0 Å².